The van der Waals surface area contributed by atoms with Crippen LogP contribution in [-0.4, -0.2) is 30.6 Å². The molecule has 0 aromatic heterocycles. The van der Waals surface area contributed by atoms with E-state index in [0.717, 1.165) is 26.2 Å². The first kappa shape index (κ1) is 15.2. The van der Waals surface area contributed by atoms with Crippen LogP contribution < -0.4 is 5.32 Å². The van der Waals surface area contributed by atoms with E-state index in [-0.39, 0.29) is 0 Å². The molecule has 0 aliphatic heterocycles. The number of benzene rings is 1. The van der Waals surface area contributed by atoms with Crippen LogP contribution in [0.3, 0.4) is 0 Å². The Kier molecular flexibility index (Phi) is 6.37. The van der Waals surface area contributed by atoms with Crippen LogP contribution in [0.4, 0.5) is 0 Å². The molecule has 0 aliphatic rings. The largest absolute Gasteiger partial charge is 0.309 e. The van der Waals surface area contributed by atoms with Gasteiger partial charge < -0.3 is 10.2 Å². The molecular formula is C16H28N2. The van der Waals surface area contributed by atoms with E-state index < -0.39 is 0 Å². The minimum Gasteiger partial charge on any atom is -0.309 e. The maximum Gasteiger partial charge on any atom is 0.0213 e. The zero-order valence-electron chi connectivity index (χ0n) is 12.6. The summed E-state index contributed by atoms with van der Waals surface area (Å²) in [5.74, 6) is 0. The predicted molar refractivity (Wildman–Crippen MR) is 80.0 cm³/mol. The highest BCUT2D eigenvalue weighted by Crippen LogP contribution is 2.12. The standard InChI is InChI=1S/C16H28N2/c1-6-18(7-2)12-15(5)17-11-16-13(3)9-8-10-14(16)4/h8-10,15,17H,6-7,11-12H2,1-5H3. The zero-order chi connectivity index (χ0) is 13.5. The third-order valence-corrected chi connectivity index (χ3v) is 3.70. The Hall–Kier alpha value is -0.860. The lowest BCUT2D eigenvalue weighted by Gasteiger charge is -2.24. The second-order valence-corrected chi connectivity index (χ2v) is 5.14. The highest BCUT2D eigenvalue weighted by molar-refractivity contribution is 5.33. The third kappa shape index (κ3) is 4.43. The molecule has 0 spiro atoms. The first-order valence-corrected chi connectivity index (χ1v) is 7.09. The minimum absolute atomic E-state index is 0.531. The van der Waals surface area contributed by atoms with Gasteiger partial charge in [-0.1, -0.05) is 32.0 Å². The Labute approximate surface area is 112 Å². The van der Waals surface area contributed by atoms with E-state index in [4.69, 9.17) is 0 Å². The molecule has 0 saturated heterocycles. The lowest BCUT2D eigenvalue weighted by molar-refractivity contribution is 0.270. The molecule has 1 atom stereocenters. The van der Waals surface area contributed by atoms with Crippen molar-refractivity contribution in [1.29, 1.82) is 0 Å². The van der Waals surface area contributed by atoms with E-state index in [1.165, 1.54) is 16.7 Å². The van der Waals surface area contributed by atoms with E-state index in [0.29, 0.717) is 6.04 Å². The van der Waals surface area contributed by atoms with Crippen LogP contribution in [0.5, 0.6) is 0 Å². The second kappa shape index (κ2) is 7.55. The van der Waals surface area contributed by atoms with Crippen LogP contribution in [0.15, 0.2) is 18.2 Å². The maximum atomic E-state index is 3.64. The van der Waals surface area contributed by atoms with Gasteiger partial charge in [-0.2, -0.15) is 0 Å². The van der Waals surface area contributed by atoms with E-state index in [1.807, 2.05) is 0 Å². The van der Waals surface area contributed by atoms with Gasteiger partial charge in [-0.3, -0.25) is 0 Å². The molecule has 0 bridgehead atoms. The van der Waals surface area contributed by atoms with Gasteiger partial charge in [0.05, 0.1) is 0 Å². The van der Waals surface area contributed by atoms with Gasteiger partial charge in [0.15, 0.2) is 0 Å². The smallest absolute Gasteiger partial charge is 0.0213 e. The predicted octanol–water partition coefficient (Wildman–Crippen LogP) is 3.12. The zero-order valence-corrected chi connectivity index (χ0v) is 12.6. The Morgan fingerprint density at radius 3 is 2.17 bits per heavy atom. The molecule has 1 aromatic carbocycles. The normalized spacial score (nSPS) is 13.0. The van der Waals surface area contributed by atoms with Crippen molar-refractivity contribution in [2.24, 2.45) is 0 Å². The topological polar surface area (TPSA) is 15.3 Å². The third-order valence-electron chi connectivity index (χ3n) is 3.70. The molecular weight excluding hydrogens is 220 g/mol. The summed E-state index contributed by atoms with van der Waals surface area (Å²) < 4.78 is 0. The van der Waals surface area contributed by atoms with Gasteiger partial charge in [0.1, 0.15) is 0 Å². The summed E-state index contributed by atoms with van der Waals surface area (Å²) in [4.78, 5) is 2.46. The first-order chi connectivity index (χ1) is 8.58. The van der Waals surface area contributed by atoms with Gasteiger partial charge in [0.25, 0.3) is 0 Å². The van der Waals surface area contributed by atoms with Gasteiger partial charge >= 0.3 is 0 Å². The van der Waals surface area contributed by atoms with Crippen LogP contribution in [-0.2, 0) is 6.54 Å². The minimum atomic E-state index is 0.531. The molecule has 1 N–H and O–H groups in total. The van der Waals surface area contributed by atoms with Gasteiger partial charge in [0, 0.05) is 19.1 Å². The first-order valence-electron chi connectivity index (χ1n) is 7.09. The monoisotopic (exact) mass is 248 g/mol. The van der Waals surface area contributed by atoms with Crippen LogP contribution in [0.25, 0.3) is 0 Å². The molecule has 0 fully saturated rings. The average molecular weight is 248 g/mol. The van der Waals surface area contributed by atoms with Crippen molar-refractivity contribution in [3.8, 4) is 0 Å². The summed E-state index contributed by atoms with van der Waals surface area (Å²) in [5.41, 5.74) is 4.22. The summed E-state index contributed by atoms with van der Waals surface area (Å²) in [5, 5.41) is 3.64. The Balaban J connectivity index is 2.49. The van der Waals surface area contributed by atoms with Crippen LogP contribution in [0.2, 0.25) is 0 Å². The molecule has 1 aromatic rings. The second-order valence-electron chi connectivity index (χ2n) is 5.14. The molecule has 18 heavy (non-hydrogen) atoms. The Morgan fingerprint density at radius 2 is 1.67 bits per heavy atom. The molecule has 102 valence electrons. The number of nitrogens with one attached hydrogen (secondary N) is 1. The highest BCUT2D eigenvalue weighted by atomic mass is 15.1. The molecule has 0 saturated carbocycles. The van der Waals surface area contributed by atoms with E-state index in [9.17, 15) is 0 Å². The Morgan fingerprint density at radius 1 is 1.11 bits per heavy atom. The van der Waals surface area contributed by atoms with Gasteiger partial charge in [-0.15, -0.1) is 0 Å². The van der Waals surface area contributed by atoms with Crippen molar-refractivity contribution in [2.75, 3.05) is 19.6 Å². The fourth-order valence-electron chi connectivity index (χ4n) is 2.34. The molecule has 0 amide bonds. The van der Waals surface area contributed by atoms with E-state index in [1.54, 1.807) is 0 Å². The van der Waals surface area contributed by atoms with Crippen molar-refractivity contribution in [3.63, 3.8) is 0 Å². The number of nitrogens with zero attached hydrogens (tertiary/aromatic N) is 1. The summed E-state index contributed by atoms with van der Waals surface area (Å²) in [7, 11) is 0. The lowest BCUT2D eigenvalue weighted by atomic mass is 10.0. The SMILES string of the molecule is CCN(CC)CC(C)NCc1c(C)cccc1C. The number of aryl methyl sites for hydroxylation is 2. The van der Waals surface area contributed by atoms with E-state index in [2.05, 4.69) is 63.0 Å². The molecule has 0 aliphatic carbocycles. The van der Waals surface area contributed by atoms with E-state index >= 15 is 0 Å². The molecule has 2 heteroatoms. The number of rotatable bonds is 7. The maximum absolute atomic E-state index is 3.64. The summed E-state index contributed by atoms with van der Waals surface area (Å²) in [6.45, 7) is 15.5. The van der Waals surface area contributed by atoms with Crippen molar-refractivity contribution in [1.82, 2.24) is 10.2 Å². The fraction of sp³-hybridized carbons (Fsp3) is 0.625. The average Bonchev–Trinajstić information content (AvgIpc) is 2.35. The number of hydrogen-bond donors (Lipinski definition) is 1. The summed E-state index contributed by atoms with van der Waals surface area (Å²) >= 11 is 0. The molecule has 1 rings (SSSR count). The summed E-state index contributed by atoms with van der Waals surface area (Å²) in [6, 6.07) is 7.05. The van der Waals surface area contributed by atoms with Crippen molar-refractivity contribution in [3.05, 3.63) is 34.9 Å². The van der Waals surface area contributed by atoms with Crippen molar-refractivity contribution in [2.45, 2.75) is 47.2 Å². The van der Waals surface area contributed by atoms with Crippen molar-refractivity contribution < 1.29 is 0 Å². The number of likely N-dealkylation sites (N-methyl/N-ethyl adjacent to an activating group) is 1. The Bertz CT molecular complexity index is 336. The summed E-state index contributed by atoms with van der Waals surface area (Å²) in [6.07, 6.45) is 0. The van der Waals surface area contributed by atoms with Gasteiger partial charge in [-0.05, 0) is 50.6 Å². The van der Waals surface area contributed by atoms with Crippen LogP contribution in [0.1, 0.15) is 37.5 Å². The van der Waals surface area contributed by atoms with Gasteiger partial charge in [0.2, 0.25) is 0 Å². The van der Waals surface area contributed by atoms with Crippen LogP contribution >= 0.6 is 0 Å². The number of hydrogen-bond acceptors (Lipinski definition) is 2. The van der Waals surface area contributed by atoms with Crippen molar-refractivity contribution >= 4 is 0 Å². The molecule has 0 radical (unpaired) electrons. The molecule has 2 nitrogen and oxygen atoms in total. The highest BCUT2D eigenvalue weighted by Gasteiger charge is 2.08. The quantitative estimate of drug-likeness (QED) is 0.797. The van der Waals surface area contributed by atoms with Crippen LogP contribution in [0, 0.1) is 13.8 Å². The fourth-order valence-corrected chi connectivity index (χ4v) is 2.34. The molecule has 1 unspecified atom stereocenters. The van der Waals surface area contributed by atoms with Gasteiger partial charge in [-0.25, -0.2) is 0 Å². The lowest BCUT2D eigenvalue weighted by Crippen LogP contribution is -2.38. The molecule has 0 heterocycles.